The molecule has 76 valence electrons. The van der Waals surface area contributed by atoms with Crippen molar-refractivity contribution in [1.82, 2.24) is 10.2 Å². The largest absolute Gasteiger partial charge is 0.316 e. The molecule has 0 aromatic carbocycles. The number of hydrogen-bond donors (Lipinski definition) is 1. The van der Waals surface area contributed by atoms with Crippen molar-refractivity contribution in [2.75, 3.05) is 32.7 Å². The van der Waals surface area contributed by atoms with Gasteiger partial charge in [0.15, 0.2) is 0 Å². The van der Waals surface area contributed by atoms with Gasteiger partial charge in [-0.2, -0.15) is 0 Å². The molecule has 2 fully saturated rings. The van der Waals surface area contributed by atoms with E-state index in [9.17, 15) is 8.78 Å². The summed E-state index contributed by atoms with van der Waals surface area (Å²) in [5.41, 5.74) is 0.328. The lowest BCUT2D eigenvalue weighted by Gasteiger charge is -2.22. The summed E-state index contributed by atoms with van der Waals surface area (Å²) in [5, 5.41) is 3.31. The fourth-order valence-electron chi connectivity index (χ4n) is 2.52. The highest BCUT2D eigenvalue weighted by molar-refractivity contribution is 4.95. The lowest BCUT2D eigenvalue weighted by molar-refractivity contribution is 0.0943. The summed E-state index contributed by atoms with van der Waals surface area (Å²) >= 11 is 0. The van der Waals surface area contributed by atoms with Gasteiger partial charge in [-0.25, -0.2) is 8.78 Å². The molecule has 0 radical (unpaired) electrons. The van der Waals surface area contributed by atoms with Crippen LogP contribution >= 0.6 is 0 Å². The lowest BCUT2D eigenvalue weighted by atomic mass is 9.87. The maximum Gasteiger partial charge on any atom is 0.251 e. The van der Waals surface area contributed by atoms with E-state index in [0.717, 1.165) is 39.0 Å². The summed E-state index contributed by atoms with van der Waals surface area (Å²) in [4.78, 5) is 1.90. The van der Waals surface area contributed by atoms with E-state index in [2.05, 4.69) is 5.32 Å². The molecule has 1 spiro atoms. The van der Waals surface area contributed by atoms with Crippen molar-refractivity contribution in [3.8, 4) is 0 Å². The van der Waals surface area contributed by atoms with Crippen molar-refractivity contribution >= 4 is 0 Å². The smallest absolute Gasteiger partial charge is 0.251 e. The van der Waals surface area contributed by atoms with Crippen molar-refractivity contribution in [2.24, 2.45) is 5.41 Å². The van der Waals surface area contributed by atoms with Crippen LogP contribution in [0.1, 0.15) is 12.8 Å². The normalized spacial score (nSPS) is 35.3. The van der Waals surface area contributed by atoms with Gasteiger partial charge in [0.25, 0.3) is 6.43 Å². The minimum atomic E-state index is -2.18. The van der Waals surface area contributed by atoms with Gasteiger partial charge in [-0.15, -0.1) is 0 Å². The van der Waals surface area contributed by atoms with E-state index in [1.807, 2.05) is 4.90 Å². The number of nitrogens with one attached hydrogen (secondary N) is 1. The first-order valence-corrected chi connectivity index (χ1v) is 4.91. The second-order valence-electron chi connectivity index (χ2n) is 4.30. The van der Waals surface area contributed by atoms with Crippen LogP contribution in [0.5, 0.6) is 0 Å². The van der Waals surface area contributed by atoms with Gasteiger partial charge in [0, 0.05) is 13.1 Å². The molecule has 13 heavy (non-hydrogen) atoms. The zero-order valence-corrected chi connectivity index (χ0v) is 7.73. The molecule has 0 aromatic rings. The minimum Gasteiger partial charge on any atom is -0.316 e. The molecule has 2 heterocycles. The summed E-state index contributed by atoms with van der Waals surface area (Å²) in [7, 11) is 0. The Kier molecular flexibility index (Phi) is 2.51. The van der Waals surface area contributed by atoms with E-state index in [-0.39, 0.29) is 6.54 Å². The first kappa shape index (κ1) is 9.34. The second-order valence-corrected chi connectivity index (χ2v) is 4.30. The van der Waals surface area contributed by atoms with E-state index < -0.39 is 6.43 Å². The van der Waals surface area contributed by atoms with Crippen LogP contribution in [-0.2, 0) is 0 Å². The van der Waals surface area contributed by atoms with Gasteiger partial charge in [-0.3, -0.25) is 4.90 Å². The van der Waals surface area contributed by atoms with E-state index in [4.69, 9.17) is 0 Å². The molecule has 0 saturated carbocycles. The van der Waals surface area contributed by atoms with Crippen LogP contribution in [0.2, 0.25) is 0 Å². The fourth-order valence-corrected chi connectivity index (χ4v) is 2.52. The predicted molar refractivity (Wildman–Crippen MR) is 47.0 cm³/mol. The van der Waals surface area contributed by atoms with Crippen molar-refractivity contribution in [3.63, 3.8) is 0 Å². The maximum atomic E-state index is 12.1. The molecule has 2 rings (SSSR count). The highest BCUT2D eigenvalue weighted by atomic mass is 19.3. The maximum absolute atomic E-state index is 12.1. The van der Waals surface area contributed by atoms with Crippen LogP contribution in [0.25, 0.3) is 0 Å². The number of nitrogens with zero attached hydrogens (tertiary/aromatic N) is 1. The zero-order chi connectivity index (χ0) is 9.31. The summed E-state index contributed by atoms with van der Waals surface area (Å²) in [6.07, 6.45) is 0.0731. The van der Waals surface area contributed by atoms with Crippen molar-refractivity contribution in [1.29, 1.82) is 0 Å². The molecule has 2 aliphatic heterocycles. The molecular weight excluding hydrogens is 174 g/mol. The van der Waals surface area contributed by atoms with Gasteiger partial charge >= 0.3 is 0 Å². The van der Waals surface area contributed by atoms with Crippen LogP contribution in [0, 0.1) is 5.41 Å². The minimum absolute atomic E-state index is 0.0399. The molecule has 0 aromatic heterocycles. The summed E-state index contributed by atoms with van der Waals surface area (Å²) in [6.45, 7) is 3.76. The number of hydrogen-bond acceptors (Lipinski definition) is 2. The number of rotatable bonds is 2. The Hall–Kier alpha value is -0.220. The zero-order valence-electron chi connectivity index (χ0n) is 7.73. The third-order valence-corrected chi connectivity index (χ3v) is 3.25. The fraction of sp³-hybridized carbons (Fsp3) is 1.00. The average molecular weight is 190 g/mol. The van der Waals surface area contributed by atoms with Crippen LogP contribution in [0.15, 0.2) is 0 Å². The van der Waals surface area contributed by atoms with Gasteiger partial charge in [0.05, 0.1) is 6.54 Å². The molecule has 4 heteroatoms. The highest BCUT2D eigenvalue weighted by Gasteiger charge is 2.40. The topological polar surface area (TPSA) is 15.3 Å². The Balaban J connectivity index is 1.86. The Morgan fingerprint density at radius 2 is 2.23 bits per heavy atom. The standard InChI is InChI=1S/C9H16F2N2/c10-8(11)5-13-4-2-9(7-13)1-3-12-6-9/h8,12H,1-7H2. The van der Waals surface area contributed by atoms with E-state index in [1.165, 1.54) is 0 Å². The van der Waals surface area contributed by atoms with Crippen LogP contribution in [0.4, 0.5) is 8.78 Å². The molecule has 2 saturated heterocycles. The van der Waals surface area contributed by atoms with Crippen LogP contribution in [0.3, 0.4) is 0 Å². The Morgan fingerprint density at radius 3 is 2.85 bits per heavy atom. The predicted octanol–water partition coefficient (Wildman–Crippen LogP) is 0.937. The first-order chi connectivity index (χ1) is 6.20. The van der Waals surface area contributed by atoms with Gasteiger partial charge in [0.1, 0.15) is 0 Å². The van der Waals surface area contributed by atoms with Crippen molar-refractivity contribution in [3.05, 3.63) is 0 Å². The number of likely N-dealkylation sites (tertiary alicyclic amines) is 1. The SMILES string of the molecule is FC(F)CN1CCC2(CCNC2)C1. The van der Waals surface area contributed by atoms with Crippen molar-refractivity contribution in [2.45, 2.75) is 19.3 Å². The third-order valence-electron chi connectivity index (χ3n) is 3.25. The summed E-state index contributed by atoms with van der Waals surface area (Å²) < 4.78 is 24.2. The number of halogens is 2. The van der Waals surface area contributed by atoms with Gasteiger partial charge in [-0.05, 0) is 31.3 Å². The summed E-state index contributed by atoms with van der Waals surface area (Å²) in [5.74, 6) is 0. The van der Waals surface area contributed by atoms with Crippen LogP contribution < -0.4 is 5.32 Å². The second kappa shape index (κ2) is 3.50. The molecule has 1 unspecified atom stereocenters. The molecule has 2 aliphatic rings. The average Bonchev–Trinajstić information content (AvgIpc) is 2.63. The van der Waals surface area contributed by atoms with E-state index >= 15 is 0 Å². The van der Waals surface area contributed by atoms with Gasteiger partial charge in [-0.1, -0.05) is 0 Å². The highest BCUT2D eigenvalue weighted by Crippen LogP contribution is 2.35. The quantitative estimate of drug-likeness (QED) is 0.697. The first-order valence-electron chi connectivity index (χ1n) is 4.91. The van der Waals surface area contributed by atoms with Gasteiger partial charge < -0.3 is 5.32 Å². The van der Waals surface area contributed by atoms with E-state index in [1.54, 1.807) is 0 Å². The lowest BCUT2D eigenvalue weighted by Crippen LogP contribution is -2.31. The Bertz CT molecular complexity index is 178. The summed E-state index contributed by atoms with van der Waals surface area (Å²) in [6, 6.07) is 0. The molecule has 0 amide bonds. The molecule has 1 N–H and O–H groups in total. The van der Waals surface area contributed by atoms with E-state index in [0.29, 0.717) is 5.41 Å². The van der Waals surface area contributed by atoms with Crippen molar-refractivity contribution < 1.29 is 8.78 Å². The van der Waals surface area contributed by atoms with Crippen LogP contribution in [-0.4, -0.2) is 44.0 Å². The number of alkyl halides is 2. The Morgan fingerprint density at radius 1 is 1.38 bits per heavy atom. The molecule has 1 atom stereocenters. The molecule has 2 nitrogen and oxygen atoms in total. The third kappa shape index (κ3) is 1.99. The molecular formula is C9H16F2N2. The monoisotopic (exact) mass is 190 g/mol. The Labute approximate surface area is 77.3 Å². The molecule has 0 bridgehead atoms. The molecule has 0 aliphatic carbocycles. The van der Waals surface area contributed by atoms with Gasteiger partial charge in [0.2, 0.25) is 0 Å².